The van der Waals surface area contributed by atoms with E-state index < -0.39 is 10.0 Å². The highest BCUT2D eigenvalue weighted by Crippen LogP contribution is 2.53. The van der Waals surface area contributed by atoms with Crippen molar-refractivity contribution < 1.29 is 17.9 Å². The molecule has 0 amide bonds. The SMILES string of the molecule is COCCNS(=O)(=O)CCCOc1ccc2c(c1)C(C1(c3ccc(Cl)cc3)CCC1)NCC2. The summed E-state index contributed by atoms with van der Waals surface area (Å²) in [6.07, 6.45) is 4.93. The lowest BCUT2D eigenvalue weighted by molar-refractivity contribution is 0.164. The molecule has 6 nitrogen and oxygen atoms in total. The molecule has 1 aliphatic heterocycles. The Hall–Kier alpha value is -1.64. The number of fused-ring (bicyclic) bond motifs is 1. The molecule has 2 aromatic rings. The fourth-order valence-corrected chi connectivity index (χ4v) is 6.17. The van der Waals surface area contributed by atoms with Crippen molar-refractivity contribution in [1.82, 2.24) is 10.0 Å². The van der Waals surface area contributed by atoms with Crippen molar-refractivity contribution in [3.05, 3.63) is 64.2 Å². The Morgan fingerprint density at radius 1 is 1.15 bits per heavy atom. The van der Waals surface area contributed by atoms with Gasteiger partial charge in [-0.1, -0.05) is 36.2 Å². The van der Waals surface area contributed by atoms with Crippen LogP contribution in [-0.2, 0) is 26.6 Å². The van der Waals surface area contributed by atoms with Gasteiger partial charge in [0, 0.05) is 30.1 Å². The summed E-state index contributed by atoms with van der Waals surface area (Å²) in [6.45, 7) is 1.96. The topological polar surface area (TPSA) is 76.7 Å². The first kappa shape index (κ1) is 24.5. The summed E-state index contributed by atoms with van der Waals surface area (Å²) < 4.78 is 37.4. The lowest BCUT2D eigenvalue weighted by atomic mass is 9.58. The second-order valence-corrected chi connectivity index (χ2v) is 11.3. The van der Waals surface area contributed by atoms with Crippen LogP contribution in [0.2, 0.25) is 5.02 Å². The first-order chi connectivity index (χ1) is 15.9. The van der Waals surface area contributed by atoms with Crippen LogP contribution in [0.25, 0.3) is 0 Å². The molecule has 1 atom stereocenters. The van der Waals surface area contributed by atoms with Gasteiger partial charge in [-0.2, -0.15) is 0 Å². The minimum absolute atomic E-state index is 0.0332. The van der Waals surface area contributed by atoms with Crippen molar-refractivity contribution in [3.63, 3.8) is 0 Å². The second-order valence-electron chi connectivity index (χ2n) is 8.92. The summed E-state index contributed by atoms with van der Waals surface area (Å²) in [5.41, 5.74) is 4.06. The molecule has 8 heteroatoms. The van der Waals surface area contributed by atoms with Gasteiger partial charge in [0.25, 0.3) is 0 Å². The Morgan fingerprint density at radius 3 is 2.64 bits per heavy atom. The fraction of sp³-hybridized carbons (Fsp3) is 0.520. The van der Waals surface area contributed by atoms with E-state index in [1.165, 1.54) is 23.1 Å². The van der Waals surface area contributed by atoms with Gasteiger partial charge in [-0.25, -0.2) is 13.1 Å². The van der Waals surface area contributed by atoms with Crippen molar-refractivity contribution in [3.8, 4) is 5.75 Å². The van der Waals surface area contributed by atoms with Crippen LogP contribution < -0.4 is 14.8 Å². The lowest BCUT2D eigenvalue weighted by Gasteiger charge is -2.50. The summed E-state index contributed by atoms with van der Waals surface area (Å²) in [4.78, 5) is 0. The van der Waals surface area contributed by atoms with Crippen LogP contribution in [0, 0.1) is 0 Å². The molecular formula is C25H33ClN2O4S. The van der Waals surface area contributed by atoms with Gasteiger partial charge in [-0.15, -0.1) is 0 Å². The lowest BCUT2D eigenvalue weighted by Crippen LogP contribution is -2.49. The maximum atomic E-state index is 12.0. The van der Waals surface area contributed by atoms with Gasteiger partial charge in [0.15, 0.2) is 0 Å². The molecule has 4 rings (SSSR count). The maximum Gasteiger partial charge on any atom is 0.211 e. The molecule has 2 aliphatic rings. The summed E-state index contributed by atoms with van der Waals surface area (Å²) >= 11 is 6.15. The van der Waals surface area contributed by atoms with E-state index >= 15 is 0 Å². The molecule has 1 heterocycles. The molecule has 2 aromatic carbocycles. The van der Waals surface area contributed by atoms with Crippen LogP contribution in [0.1, 0.15) is 48.4 Å². The quantitative estimate of drug-likeness (QED) is 0.464. The molecule has 0 radical (unpaired) electrons. The van der Waals surface area contributed by atoms with Crippen LogP contribution in [0.5, 0.6) is 5.75 Å². The fourth-order valence-electron chi connectivity index (χ4n) is 5.01. The van der Waals surface area contributed by atoms with Gasteiger partial charge < -0.3 is 14.8 Å². The third kappa shape index (κ3) is 5.72. The number of methoxy groups -OCH3 is 1. The molecule has 1 unspecified atom stereocenters. The van der Waals surface area contributed by atoms with Crippen LogP contribution in [0.15, 0.2) is 42.5 Å². The standard InChI is InChI=1S/C25H33ClN2O4S/c1-31-16-14-28-33(29,30)17-3-15-32-22-9-4-19-10-13-27-24(23(19)18-22)25(11-2-12-25)20-5-7-21(26)8-6-20/h4-9,18,24,27-28H,2-3,10-17H2,1H3. The molecule has 180 valence electrons. The highest BCUT2D eigenvalue weighted by Gasteiger charge is 2.47. The highest BCUT2D eigenvalue weighted by molar-refractivity contribution is 7.89. The number of nitrogens with one attached hydrogen (secondary N) is 2. The van der Waals surface area contributed by atoms with E-state index in [1.807, 2.05) is 18.2 Å². The average molecular weight is 493 g/mol. The molecule has 0 spiro atoms. The predicted octanol–water partition coefficient (Wildman–Crippen LogP) is 3.98. The van der Waals surface area contributed by atoms with E-state index in [0.717, 1.165) is 36.6 Å². The number of ether oxygens (including phenoxy) is 2. The molecule has 1 fully saturated rings. The first-order valence-corrected chi connectivity index (χ1v) is 13.7. The third-order valence-electron chi connectivity index (χ3n) is 6.84. The Labute approximate surface area is 202 Å². The highest BCUT2D eigenvalue weighted by atomic mass is 35.5. The van der Waals surface area contributed by atoms with Crippen molar-refractivity contribution in [2.75, 3.05) is 39.2 Å². The average Bonchev–Trinajstić information content (AvgIpc) is 2.77. The molecule has 2 N–H and O–H groups in total. The van der Waals surface area contributed by atoms with E-state index in [0.29, 0.717) is 19.6 Å². The minimum atomic E-state index is -3.31. The summed E-state index contributed by atoms with van der Waals surface area (Å²) in [5.74, 6) is 0.823. The van der Waals surface area contributed by atoms with Gasteiger partial charge >= 0.3 is 0 Å². The second kappa shape index (κ2) is 10.7. The molecule has 1 saturated carbocycles. The summed E-state index contributed by atoms with van der Waals surface area (Å²) in [6, 6.07) is 14.8. The summed E-state index contributed by atoms with van der Waals surface area (Å²) in [5, 5.41) is 4.54. The molecule has 1 aliphatic carbocycles. The summed E-state index contributed by atoms with van der Waals surface area (Å²) in [7, 11) is -1.76. The van der Waals surface area contributed by atoms with Gasteiger partial charge in [-0.3, -0.25) is 0 Å². The molecule has 0 saturated heterocycles. The van der Waals surface area contributed by atoms with Crippen molar-refractivity contribution in [2.24, 2.45) is 0 Å². The van der Waals surface area contributed by atoms with E-state index in [-0.39, 0.29) is 23.8 Å². The van der Waals surface area contributed by atoms with Crippen LogP contribution in [0.3, 0.4) is 0 Å². The number of benzene rings is 2. The number of hydrogen-bond donors (Lipinski definition) is 2. The zero-order valence-corrected chi connectivity index (χ0v) is 20.7. The van der Waals surface area contributed by atoms with E-state index in [1.54, 1.807) is 7.11 Å². The van der Waals surface area contributed by atoms with Crippen LogP contribution in [-0.4, -0.2) is 47.6 Å². The van der Waals surface area contributed by atoms with Crippen molar-refractivity contribution in [2.45, 2.75) is 43.6 Å². The Morgan fingerprint density at radius 2 is 1.94 bits per heavy atom. The Bertz CT molecular complexity index is 1040. The third-order valence-corrected chi connectivity index (χ3v) is 8.56. The van der Waals surface area contributed by atoms with Gasteiger partial charge in [-0.05, 0) is 73.2 Å². The monoisotopic (exact) mass is 492 g/mol. The molecule has 0 bridgehead atoms. The van der Waals surface area contributed by atoms with Gasteiger partial charge in [0.2, 0.25) is 10.0 Å². The maximum absolute atomic E-state index is 12.0. The van der Waals surface area contributed by atoms with E-state index in [2.05, 4.69) is 34.3 Å². The Kier molecular flexibility index (Phi) is 7.97. The van der Waals surface area contributed by atoms with E-state index in [9.17, 15) is 8.42 Å². The number of sulfonamides is 1. The Balaban J connectivity index is 1.44. The normalized spacial score (nSPS) is 19.5. The zero-order valence-electron chi connectivity index (χ0n) is 19.1. The van der Waals surface area contributed by atoms with Crippen LogP contribution in [0.4, 0.5) is 0 Å². The smallest absolute Gasteiger partial charge is 0.211 e. The van der Waals surface area contributed by atoms with Crippen molar-refractivity contribution >= 4 is 21.6 Å². The van der Waals surface area contributed by atoms with Gasteiger partial charge in [0.05, 0.1) is 19.0 Å². The van der Waals surface area contributed by atoms with E-state index in [4.69, 9.17) is 21.1 Å². The molecule has 0 aromatic heterocycles. The molecule has 33 heavy (non-hydrogen) atoms. The van der Waals surface area contributed by atoms with Crippen LogP contribution >= 0.6 is 11.6 Å². The number of rotatable bonds is 11. The number of halogens is 1. The van der Waals surface area contributed by atoms with Gasteiger partial charge in [0.1, 0.15) is 5.75 Å². The largest absolute Gasteiger partial charge is 0.494 e. The number of hydrogen-bond acceptors (Lipinski definition) is 5. The first-order valence-electron chi connectivity index (χ1n) is 11.6. The van der Waals surface area contributed by atoms with Crippen molar-refractivity contribution in [1.29, 1.82) is 0 Å². The minimum Gasteiger partial charge on any atom is -0.494 e. The molecular weight excluding hydrogens is 460 g/mol. The zero-order chi connectivity index (χ0) is 23.3. The predicted molar refractivity (Wildman–Crippen MR) is 132 cm³/mol.